The topological polar surface area (TPSA) is 110 Å². The highest BCUT2D eigenvalue weighted by Crippen LogP contribution is 2.56. The Morgan fingerprint density at radius 3 is 2.10 bits per heavy atom. The number of halogens is 1. The SMILES string of the molecule is CN(C)c1ccc(C2C3C(=O)N(c4ccccc4)C(=O)C3C(C)(C(=O)O)N2C(=O)Nc2ccc(F)cc2)cc1. The van der Waals surface area contributed by atoms with E-state index in [0.717, 1.165) is 27.6 Å². The average Bonchev–Trinajstić information content (AvgIpc) is 3.35. The van der Waals surface area contributed by atoms with Crippen LogP contribution in [0.1, 0.15) is 18.5 Å². The summed E-state index contributed by atoms with van der Waals surface area (Å²) in [7, 11) is 3.73. The number of hydrogen-bond acceptors (Lipinski definition) is 5. The standard InChI is InChI=1S/C29H27FN4O5/c1-29(27(37)38)23-22(25(35)33(26(23)36)21-7-5-4-6-8-21)24(17-9-15-20(16-10-17)32(2)3)34(29)28(39)31-19-13-11-18(30)12-14-19/h4-16,22-24H,1-3H3,(H,31,39)(H,37,38). The van der Waals surface area contributed by atoms with Crippen molar-refractivity contribution in [1.82, 2.24) is 4.90 Å². The Bertz CT molecular complexity index is 1440. The number of urea groups is 1. The molecule has 0 bridgehead atoms. The van der Waals surface area contributed by atoms with E-state index in [0.29, 0.717) is 11.3 Å². The second-order valence-corrected chi connectivity index (χ2v) is 10.0. The molecule has 4 atom stereocenters. The van der Waals surface area contributed by atoms with Gasteiger partial charge in [0.05, 0.1) is 23.6 Å². The van der Waals surface area contributed by atoms with Crippen LogP contribution >= 0.6 is 0 Å². The van der Waals surface area contributed by atoms with E-state index < -0.39 is 53.0 Å². The van der Waals surface area contributed by atoms with Crippen molar-refractivity contribution in [1.29, 1.82) is 0 Å². The fourth-order valence-corrected chi connectivity index (χ4v) is 5.65. The fraction of sp³-hybridized carbons (Fsp3) is 0.241. The van der Waals surface area contributed by atoms with Crippen LogP contribution in [0.3, 0.4) is 0 Å². The van der Waals surface area contributed by atoms with Gasteiger partial charge in [0, 0.05) is 25.5 Å². The summed E-state index contributed by atoms with van der Waals surface area (Å²) in [5, 5.41) is 13.1. The number of rotatable bonds is 5. The predicted molar refractivity (Wildman–Crippen MR) is 143 cm³/mol. The Hall–Kier alpha value is -4.73. The number of carbonyl (C=O) groups is 4. The minimum absolute atomic E-state index is 0.233. The molecule has 2 saturated heterocycles. The number of para-hydroxylation sites is 1. The number of amides is 4. The van der Waals surface area contributed by atoms with Crippen molar-refractivity contribution in [3.05, 3.63) is 90.2 Å². The van der Waals surface area contributed by atoms with Crippen LogP contribution in [0.5, 0.6) is 0 Å². The minimum Gasteiger partial charge on any atom is -0.479 e. The number of aliphatic carboxylic acids is 1. The van der Waals surface area contributed by atoms with Gasteiger partial charge in [-0.25, -0.2) is 18.9 Å². The molecule has 0 radical (unpaired) electrons. The van der Waals surface area contributed by atoms with E-state index >= 15 is 0 Å². The Morgan fingerprint density at radius 2 is 1.54 bits per heavy atom. The third-order valence-electron chi connectivity index (χ3n) is 7.59. The third kappa shape index (κ3) is 4.08. The van der Waals surface area contributed by atoms with Crippen LogP contribution in [0, 0.1) is 17.7 Å². The number of hydrogen-bond donors (Lipinski definition) is 2. The first kappa shape index (κ1) is 25.9. The zero-order valence-corrected chi connectivity index (χ0v) is 21.5. The van der Waals surface area contributed by atoms with Gasteiger partial charge in [0.2, 0.25) is 11.8 Å². The summed E-state index contributed by atoms with van der Waals surface area (Å²) in [6, 6.07) is 18.5. The molecular weight excluding hydrogens is 503 g/mol. The first-order chi connectivity index (χ1) is 18.6. The molecule has 39 heavy (non-hydrogen) atoms. The van der Waals surface area contributed by atoms with Gasteiger partial charge in [0.15, 0.2) is 5.54 Å². The summed E-state index contributed by atoms with van der Waals surface area (Å²) >= 11 is 0. The molecule has 2 N–H and O–H groups in total. The first-order valence-electron chi connectivity index (χ1n) is 12.3. The lowest BCUT2D eigenvalue weighted by Crippen LogP contribution is -2.58. The van der Waals surface area contributed by atoms with Crippen LogP contribution < -0.4 is 15.1 Å². The summed E-state index contributed by atoms with van der Waals surface area (Å²) in [6.07, 6.45) is 0. The van der Waals surface area contributed by atoms with Gasteiger partial charge in [-0.3, -0.25) is 14.5 Å². The number of fused-ring (bicyclic) bond motifs is 1. The Labute approximate surface area is 224 Å². The molecule has 200 valence electrons. The number of carboxylic acids is 1. The summed E-state index contributed by atoms with van der Waals surface area (Å²) in [6.45, 7) is 1.30. The molecule has 2 aliphatic heterocycles. The molecule has 5 rings (SSSR count). The predicted octanol–water partition coefficient (Wildman–Crippen LogP) is 4.13. The van der Waals surface area contributed by atoms with Gasteiger partial charge in [-0.15, -0.1) is 0 Å². The number of carboxylic acid groups (broad SMARTS) is 1. The van der Waals surface area contributed by atoms with Crippen LogP contribution in [-0.4, -0.2) is 53.5 Å². The molecule has 9 nitrogen and oxygen atoms in total. The van der Waals surface area contributed by atoms with E-state index in [2.05, 4.69) is 5.32 Å². The van der Waals surface area contributed by atoms with E-state index in [9.17, 15) is 28.7 Å². The second-order valence-electron chi connectivity index (χ2n) is 10.0. The average molecular weight is 531 g/mol. The summed E-state index contributed by atoms with van der Waals surface area (Å²) < 4.78 is 13.5. The highest BCUT2D eigenvalue weighted by molar-refractivity contribution is 6.24. The number of nitrogens with zero attached hydrogens (tertiary/aromatic N) is 3. The zero-order chi connectivity index (χ0) is 28.1. The van der Waals surface area contributed by atoms with Gasteiger partial charge in [0.25, 0.3) is 0 Å². The molecule has 4 unspecified atom stereocenters. The maximum atomic E-state index is 13.9. The Kier molecular flexibility index (Phi) is 6.33. The maximum absolute atomic E-state index is 13.9. The van der Waals surface area contributed by atoms with Gasteiger partial charge in [-0.05, 0) is 61.0 Å². The quantitative estimate of drug-likeness (QED) is 0.480. The summed E-state index contributed by atoms with van der Waals surface area (Å²) in [5.41, 5.74) is -0.145. The smallest absolute Gasteiger partial charge is 0.330 e. The van der Waals surface area contributed by atoms with Crippen molar-refractivity contribution in [3.8, 4) is 0 Å². The summed E-state index contributed by atoms with van der Waals surface area (Å²) in [4.78, 5) is 58.5. The fourth-order valence-electron chi connectivity index (χ4n) is 5.65. The molecule has 2 heterocycles. The Morgan fingerprint density at radius 1 is 0.923 bits per heavy atom. The largest absolute Gasteiger partial charge is 0.479 e. The highest BCUT2D eigenvalue weighted by Gasteiger charge is 2.71. The van der Waals surface area contributed by atoms with Crippen molar-refractivity contribution in [3.63, 3.8) is 0 Å². The number of anilines is 3. The van der Waals surface area contributed by atoms with E-state index in [1.54, 1.807) is 54.6 Å². The molecule has 4 amide bonds. The van der Waals surface area contributed by atoms with Crippen molar-refractivity contribution in [2.75, 3.05) is 29.2 Å². The molecule has 3 aromatic rings. The van der Waals surface area contributed by atoms with Crippen molar-refractivity contribution in [2.24, 2.45) is 11.8 Å². The molecule has 10 heteroatoms. The number of benzene rings is 3. The van der Waals surface area contributed by atoms with Crippen molar-refractivity contribution < 1.29 is 28.7 Å². The third-order valence-corrected chi connectivity index (χ3v) is 7.59. The van der Waals surface area contributed by atoms with E-state index in [1.807, 2.05) is 19.0 Å². The van der Waals surface area contributed by atoms with E-state index in [4.69, 9.17) is 0 Å². The number of imide groups is 1. The van der Waals surface area contributed by atoms with Gasteiger partial charge < -0.3 is 15.3 Å². The zero-order valence-electron chi connectivity index (χ0n) is 21.5. The van der Waals surface area contributed by atoms with Crippen LogP contribution in [0.2, 0.25) is 0 Å². The lowest BCUT2D eigenvalue weighted by atomic mass is 9.80. The normalized spacial score (nSPS) is 24.1. The number of likely N-dealkylation sites (tertiary alicyclic amines) is 1. The molecular formula is C29H27FN4O5. The van der Waals surface area contributed by atoms with Crippen molar-refractivity contribution in [2.45, 2.75) is 18.5 Å². The minimum atomic E-state index is -2.07. The Balaban J connectivity index is 1.66. The summed E-state index contributed by atoms with van der Waals surface area (Å²) in [5.74, 6) is -5.69. The van der Waals surface area contributed by atoms with Crippen molar-refractivity contribution >= 4 is 40.9 Å². The van der Waals surface area contributed by atoms with Gasteiger partial charge in [0.1, 0.15) is 5.82 Å². The van der Waals surface area contributed by atoms with Crippen LogP contribution in [0.4, 0.5) is 26.2 Å². The van der Waals surface area contributed by atoms with Crippen LogP contribution in [0.25, 0.3) is 0 Å². The molecule has 0 saturated carbocycles. The molecule has 2 aliphatic rings. The molecule has 0 aliphatic carbocycles. The monoisotopic (exact) mass is 530 g/mol. The van der Waals surface area contributed by atoms with Crippen LogP contribution in [-0.2, 0) is 14.4 Å². The first-order valence-corrected chi connectivity index (χ1v) is 12.3. The second kappa shape index (κ2) is 9.54. The highest BCUT2D eigenvalue weighted by atomic mass is 19.1. The molecule has 3 aromatic carbocycles. The van der Waals surface area contributed by atoms with Crippen LogP contribution in [0.15, 0.2) is 78.9 Å². The number of nitrogens with one attached hydrogen (secondary N) is 1. The van der Waals surface area contributed by atoms with E-state index in [1.165, 1.54) is 19.1 Å². The van der Waals surface area contributed by atoms with E-state index in [-0.39, 0.29) is 5.69 Å². The van der Waals surface area contributed by atoms with Gasteiger partial charge >= 0.3 is 12.0 Å². The number of carbonyl (C=O) groups excluding carboxylic acids is 3. The molecule has 2 fully saturated rings. The maximum Gasteiger partial charge on any atom is 0.330 e. The molecule has 0 spiro atoms. The lowest BCUT2D eigenvalue weighted by molar-refractivity contribution is -0.152. The lowest BCUT2D eigenvalue weighted by Gasteiger charge is -2.38. The van der Waals surface area contributed by atoms with Gasteiger partial charge in [-0.1, -0.05) is 30.3 Å². The van der Waals surface area contributed by atoms with Gasteiger partial charge in [-0.2, -0.15) is 0 Å². The molecule has 0 aromatic heterocycles.